The number of nitrogens with zero attached hydrogens (tertiary/aromatic N) is 4. The van der Waals surface area contributed by atoms with Crippen LogP contribution in [0.5, 0.6) is 0 Å². The van der Waals surface area contributed by atoms with Crippen LogP contribution in [-0.4, -0.2) is 39.0 Å². The minimum atomic E-state index is 0.151. The van der Waals surface area contributed by atoms with E-state index in [9.17, 15) is 4.79 Å². The summed E-state index contributed by atoms with van der Waals surface area (Å²) in [5.41, 5.74) is 3.50. The van der Waals surface area contributed by atoms with Gasteiger partial charge in [-0.05, 0) is 32.6 Å². The van der Waals surface area contributed by atoms with E-state index in [0.29, 0.717) is 5.92 Å². The predicted molar refractivity (Wildman–Crippen MR) is 81.1 cm³/mol. The molecule has 0 saturated carbocycles. The third-order valence-corrected chi connectivity index (χ3v) is 4.20. The fourth-order valence-electron chi connectivity index (χ4n) is 3.05. The maximum Gasteiger partial charge on any atom is 0.219 e. The molecule has 1 atom stereocenters. The molecule has 22 heavy (non-hydrogen) atoms. The second-order valence-corrected chi connectivity index (χ2v) is 5.92. The summed E-state index contributed by atoms with van der Waals surface area (Å²) >= 11 is 0. The number of carbonyl (C=O) groups excluding carboxylic acids is 1. The van der Waals surface area contributed by atoms with Crippen molar-refractivity contribution < 1.29 is 9.32 Å². The van der Waals surface area contributed by atoms with Crippen molar-refractivity contribution >= 4 is 5.91 Å². The predicted octanol–water partition coefficient (Wildman–Crippen LogP) is 2.16. The van der Waals surface area contributed by atoms with E-state index < -0.39 is 0 Å². The molecule has 1 saturated heterocycles. The Hall–Kier alpha value is -2.24. The van der Waals surface area contributed by atoms with Crippen LogP contribution in [-0.2, 0) is 11.2 Å². The van der Waals surface area contributed by atoms with Crippen LogP contribution in [0.1, 0.15) is 30.5 Å². The van der Waals surface area contributed by atoms with Crippen LogP contribution in [0.2, 0.25) is 0 Å². The summed E-state index contributed by atoms with van der Waals surface area (Å²) in [4.78, 5) is 22.3. The summed E-state index contributed by atoms with van der Waals surface area (Å²) in [6, 6.07) is 0. The van der Waals surface area contributed by atoms with Gasteiger partial charge >= 0.3 is 0 Å². The summed E-state index contributed by atoms with van der Waals surface area (Å²) in [7, 11) is 0. The lowest BCUT2D eigenvalue weighted by Gasteiger charge is -2.13. The highest BCUT2D eigenvalue weighted by molar-refractivity contribution is 5.73. The Kier molecular flexibility index (Phi) is 3.92. The fourth-order valence-corrected chi connectivity index (χ4v) is 3.05. The highest BCUT2D eigenvalue weighted by Crippen LogP contribution is 2.26. The van der Waals surface area contributed by atoms with Crippen molar-refractivity contribution in [2.75, 3.05) is 13.1 Å². The van der Waals surface area contributed by atoms with E-state index >= 15 is 0 Å². The minimum absolute atomic E-state index is 0.151. The van der Waals surface area contributed by atoms with Crippen molar-refractivity contribution in [3.8, 4) is 11.3 Å². The summed E-state index contributed by atoms with van der Waals surface area (Å²) < 4.78 is 5.20. The van der Waals surface area contributed by atoms with Gasteiger partial charge in [-0.3, -0.25) is 9.78 Å². The zero-order valence-electron chi connectivity index (χ0n) is 13.2. The van der Waals surface area contributed by atoms with E-state index in [2.05, 4.69) is 10.1 Å². The van der Waals surface area contributed by atoms with Gasteiger partial charge in [0.1, 0.15) is 5.76 Å². The molecule has 0 spiro atoms. The topological polar surface area (TPSA) is 72.1 Å². The van der Waals surface area contributed by atoms with Gasteiger partial charge in [-0.2, -0.15) is 0 Å². The molecule has 1 fully saturated rings. The van der Waals surface area contributed by atoms with Crippen LogP contribution in [0.3, 0.4) is 0 Å². The first kappa shape index (κ1) is 14.7. The van der Waals surface area contributed by atoms with Gasteiger partial charge in [-0.25, -0.2) is 4.98 Å². The molecule has 1 aliphatic rings. The molecule has 1 unspecified atom stereocenters. The second-order valence-electron chi connectivity index (χ2n) is 5.92. The van der Waals surface area contributed by atoms with Crippen molar-refractivity contribution in [1.29, 1.82) is 0 Å². The molecule has 1 amide bonds. The van der Waals surface area contributed by atoms with Gasteiger partial charge in [-0.1, -0.05) is 5.16 Å². The molecular formula is C16H20N4O2. The number of amides is 1. The van der Waals surface area contributed by atoms with Gasteiger partial charge in [0.15, 0.2) is 0 Å². The average Bonchev–Trinajstić information content (AvgIpc) is 3.06. The normalized spacial score (nSPS) is 18.0. The van der Waals surface area contributed by atoms with E-state index in [-0.39, 0.29) is 5.91 Å². The molecule has 3 rings (SSSR count). The van der Waals surface area contributed by atoms with Crippen LogP contribution >= 0.6 is 0 Å². The summed E-state index contributed by atoms with van der Waals surface area (Å²) in [5, 5.41) is 3.97. The van der Waals surface area contributed by atoms with Crippen molar-refractivity contribution in [2.45, 2.75) is 33.6 Å². The molecule has 0 radical (unpaired) electrons. The van der Waals surface area contributed by atoms with E-state index in [1.54, 1.807) is 19.3 Å². The van der Waals surface area contributed by atoms with Crippen molar-refractivity contribution in [2.24, 2.45) is 5.92 Å². The highest BCUT2D eigenvalue weighted by Gasteiger charge is 2.25. The first-order chi connectivity index (χ1) is 10.5. The van der Waals surface area contributed by atoms with Crippen molar-refractivity contribution in [3.63, 3.8) is 0 Å². The monoisotopic (exact) mass is 300 g/mol. The summed E-state index contributed by atoms with van der Waals surface area (Å²) in [6.07, 6.45) is 5.41. The lowest BCUT2D eigenvalue weighted by molar-refractivity contribution is -0.127. The van der Waals surface area contributed by atoms with E-state index in [4.69, 9.17) is 9.51 Å². The van der Waals surface area contributed by atoms with Crippen LogP contribution in [0.15, 0.2) is 16.9 Å². The molecule has 6 heteroatoms. The standard InChI is InChI=1S/C16H20N4O2/c1-10-16(11(2)22-19-10)15-8-17-7-14(18-15)6-13-4-5-20(9-13)12(3)21/h7-8,13H,4-6,9H2,1-3H3. The molecular weight excluding hydrogens is 280 g/mol. The summed E-state index contributed by atoms with van der Waals surface area (Å²) in [5.74, 6) is 1.36. The first-order valence-electron chi connectivity index (χ1n) is 7.54. The van der Waals surface area contributed by atoms with Gasteiger partial charge in [-0.15, -0.1) is 0 Å². The molecule has 0 bridgehead atoms. The maximum atomic E-state index is 11.4. The lowest BCUT2D eigenvalue weighted by atomic mass is 10.0. The summed E-state index contributed by atoms with van der Waals surface area (Å²) in [6.45, 7) is 7.07. The number of aromatic nitrogens is 3. The SMILES string of the molecule is CC(=O)N1CCC(Cc2cncc(-c3c(C)noc3C)n2)C1. The van der Waals surface area contributed by atoms with Crippen molar-refractivity contribution in [1.82, 2.24) is 20.0 Å². The van der Waals surface area contributed by atoms with Gasteiger partial charge < -0.3 is 9.42 Å². The zero-order valence-corrected chi connectivity index (χ0v) is 13.2. The second kappa shape index (κ2) is 5.87. The number of hydrogen-bond acceptors (Lipinski definition) is 5. The zero-order chi connectivity index (χ0) is 15.7. The molecule has 0 aliphatic carbocycles. The Morgan fingerprint density at radius 1 is 1.41 bits per heavy atom. The van der Waals surface area contributed by atoms with Crippen LogP contribution in [0, 0.1) is 19.8 Å². The number of rotatable bonds is 3. The number of carbonyl (C=O) groups is 1. The van der Waals surface area contributed by atoms with Gasteiger partial charge in [0.2, 0.25) is 5.91 Å². The Labute approximate surface area is 129 Å². The maximum absolute atomic E-state index is 11.4. The van der Waals surface area contributed by atoms with Crippen molar-refractivity contribution in [3.05, 3.63) is 29.5 Å². The van der Waals surface area contributed by atoms with Gasteiger partial charge in [0.25, 0.3) is 0 Å². The van der Waals surface area contributed by atoms with Crippen LogP contribution in [0.4, 0.5) is 0 Å². The quantitative estimate of drug-likeness (QED) is 0.868. The molecule has 6 nitrogen and oxygen atoms in total. The molecule has 3 heterocycles. The van der Waals surface area contributed by atoms with E-state index in [1.807, 2.05) is 18.7 Å². The van der Waals surface area contributed by atoms with E-state index in [1.165, 1.54) is 0 Å². The van der Waals surface area contributed by atoms with Crippen LogP contribution in [0.25, 0.3) is 11.3 Å². The Morgan fingerprint density at radius 2 is 2.23 bits per heavy atom. The molecule has 2 aromatic rings. The molecule has 2 aromatic heterocycles. The molecule has 0 N–H and O–H groups in total. The number of hydrogen-bond donors (Lipinski definition) is 0. The number of aryl methyl sites for hydroxylation is 2. The number of likely N-dealkylation sites (tertiary alicyclic amines) is 1. The van der Waals surface area contributed by atoms with Crippen LogP contribution < -0.4 is 0 Å². The highest BCUT2D eigenvalue weighted by atomic mass is 16.5. The third-order valence-electron chi connectivity index (χ3n) is 4.20. The third kappa shape index (κ3) is 2.86. The average molecular weight is 300 g/mol. The molecule has 1 aliphatic heterocycles. The molecule has 0 aromatic carbocycles. The Morgan fingerprint density at radius 3 is 2.86 bits per heavy atom. The first-order valence-corrected chi connectivity index (χ1v) is 7.54. The molecule has 116 valence electrons. The van der Waals surface area contributed by atoms with E-state index in [0.717, 1.165) is 54.3 Å². The Bertz CT molecular complexity index is 676. The largest absolute Gasteiger partial charge is 0.361 e. The van der Waals surface area contributed by atoms with Gasteiger partial charge in [0, 0.05) is 26.2 Å². The Balaban J connectivity index is 1.77. The minimum Gasteiger partial charge on any atom is -0.361 e. The van der Waals surface area contributed by atoms with Gasteiger partial charge in [0.05, 0.1) is 28.8 Å². The lowest BCUT2D eigenvalue weighted by Crippen LogP contribution is -2.26. The smallest absolute Gasteiger partial charge is 0.219 e. The fraction of sp³-hybridized carbons (Fsp3) is 0.500.